The van der Waals surface area contributed by atoms with E-state index in [0.29, 0.717) is 12.1 Å². The highest BCUT2D eigenvalue weighted by Gasteiger charge is 2.18. The summed E-state index contributed by atoms with van der Waals surface area (Å²) in [5, 5.41) is 8.89. The second-order valence-corrected chi connectivity index (χ2v) is 6.09. The maximum atomic E-state index is 12.1. The lowest BCUT2D eigenvalue weighted by molar-refractivity contribution is 0.581. The van der Waals surface area contributed by atoms with Crippen molar-refractivity contribution >= 4 is 15.7 Å². The lowest BCUT2D eigenvalue weighted by atomic mass is 10.1. The Morgan fingerprint density at radius 1 is 1.24 bits per heavy atom. The van der Waals surface area contributed by atoms with Crippen molar-refractivity contribution in [1.29, 1.82) is 5.26 Å². The van der Waals surface area contributed by atoms with E-state index in [2.05, 4.69) is 9.71 Å². The van der Waals surface area contributed by atoms with Crippen LogP contribution in [0.25, 0.3) is 0 Å². The minimum absolute atomic E-state index is 0.107. The van der Waals surface area contributed by atoms with Crippen LogP contribution in [0, 0.1) is 11.3 Å². The van der Waals surface area contributed by atoms with Crippen molar-refractivity contribution in [2.24, 2.45) is 0 Å². The number of sulfonamides is 1. The second-order valence-electron chi connectivity index (χ2n) is 4.35. The molecule has 0 amide bonds. The van der Waals surface area contributed by atoms with Crippen LogP contribution in [0.5, 0.6) is 0 Å². The van der Waals surface area contributed by atoms with Crippen molar-refractivity contribution in [2.45, 2.75) is 11.3 Å². The number of pyridine rings is 1. The first kappa shape index (κ1) is 15.0. The summed E-state index contributed by atoms with van der Waals surface area (Å²) in [7, 11) is -3.74. The molecule has 0 saturated heterocycles. The normalized spacial score (nSPS) is 11.0. The Bertz CT molecular complexity index is 764. The second kappa shape index (κ2) is 6.35. The van der Waals surface area contributed by atoms with Crippen LogP contribution in [0.2, 0.25) is 0 Å². The highest BCUT2D eigenvalue weighted by molar-refractivity contribution is 7.89. The van der Waals surface area contributed by atoms with Gasteiger partial charge in [0.2, 0.25) is 10.0 Å². The minimum Gasteiger partial charge on any atom is -0.399 e. The van der Waals surface area contributed by atoms with Crippen molar-refractivity contribution in [1.82, 2.24) is 9.71 Å². The zero-order valence-electron chi connectivity index (χ0n) is 11.2. The predicted octanol–water partition coefficient (Wildman–Crippen LogP) is 1.06. The molecule has 0 spiro atoms. The number of rotatable bonds is 5. The van der Waals surface area contributed by atoms with Gasteiger partial charge in [-0.05, 0) is 36.2 Å². The lowest BCUT2D eigenvalue weighted by Crippen LogP contribution is -2.26. The molecule has 0 aliphatic carbocycles. The van der Waals surface area contributed by atoms with Crippen molar-refractivity contribution in [3.8, 4) is 6.07 Å². The number of hydrogen-bond donors (Lipinski definition) is 2. The van der Waals surface area contributed by atoms with Crippen LogP contribution in [-0.4, -0.2) is 19.9 Å². The van der Waals surface area contributed by atoms with Gasteiger partial charge in [0.1, 0.15) is 11.0 Å². The standard InChI is InChI=1S/C14H14N4O2S/c15-10-13-14(2-1-8-17-13)21(19,20)18-9-7-11-3-5-12(16)6-4-11/h1-6,8,18H,7,9,16H2. The molecule has 7 heteroatoms. The molecule has 108 valence electrons. The molecule has 1 aromatic heterocycles. The highest BCUT2D eigenvalue weighted by atomic mass is 32.2. The summed E-state index contributed by atoms with van der Waals surface area (Å²) in [4.78, 5) is 3.64. The molecular weight excluding hydrogens is 288 g/mol. The van der Waals surface area contributed by atoms with E-state index in [9.17, 15) is 8.42 Å². The molecule has 3 N–H and O–H groups in total. The van der Waals surface area contributed by atoms with E-state index in [1.54, 1.807) is 18.2 Å². The summed E-state index contributed by atoms with van der Waals surface area (Å²) in [6.45, 7) is 0.228. The number of benzene rings is 1. The quantitative estimate of drug-likeness (QED) is 0.803. The number of nitrogens with zero attached hydrogens (tertiary/aromatic N) is 2. The van der Waals surface area contributed by atoms with Crippen molar-refractivity contribution < 1.29 is 8.42 Å². The Hall–Kier alpha value is -2.43. The molecule has 0 bridgehead atoms. The van der Waals surface area contributed by atoms with Crippen LogP contribution in [0.15, 0.2) is 47.5 Å². The molecule has 1 heterocycles. The Morgan fingerprint density at radius 3 is 2.62 bits per heavy atom. The molecule has 0 radical (unpaired) electrons. The topological polar surface area (TPSA) is 109 Å². The van der Waals surface area contributed by atoms with Gasteiger partial charge in [0.25, 0.3) is 0 Å². The molecule has 1 aromatic carbocycles. The zero-order chi connectivity index (χ0) is 15.3. The van der Waals surface area contributed by atoms with Gasteiger partial charge in [0, 0.05) is 18.4 Å². The fourth-order valence-electron chi connectivity index (χ4n) is 1.78. The molecule has 0 atom stereocenters. The van der Waals surface area contributed by atoms with Crippen molar-refractivity contribution in [3.63, 3.8) is 0 Å². The van der Waals surface area contributed by atoms with Gasteiger partial charge in [-0.1, -0.05) is 12.1 Å². The number of nitrogens with one attached hydrogen (secondary N) is 1. The molecule has 2 rings (SSSR count). The largest absolute Gasteiger partial charge is 0.399 e. The number of nitriles is 1. The molecule has 2 aromatic rings. The molecule has 0 saturated carbocycles. The summed E-state index contributed by atoms with van der Waals surface area (Å²) in [6.07, 6.45) is 1.91. The first-order chi connectivity index (χ1) is 10.0. The van der Waals surface area contributed by atoms with Gasteiger partial charge in [0.15, 0.2) is 5.69 Å². The number of hydrogen-bond acceptors (Lipinski definition) is 5. The smallest absolute Gasteiger partial charge is 0.243 e. The van der Waals surface area contributed by atoms with E-state index in [4.69, 9.17) is 11.0 Å². The van der Waals surface area contributed by atoms with Crippen LogP contribution in [-0.2, 0) is 16.4 Å². The zero-order valence-corrected chi connectivity index (χ0v) is 12.0. The molecular formula is C14H14N4O2S. The molecule has 0 fully saturated rings. The van der Waals surface area contributed by atoms with E-state index in [0.717, 1.165) is 5.56 Å². The first-order valence-corrected chi connectivity index (χ1v) is 7.70. The van der Waals surface area contributed by atoms with Crippen LogP contribution < -0.4 is 10.5 Å². The van der Waals surface area contributed by atoms with Crippen LogP contribution in [0.4, 0.5) is 5.69 Å². The van der Waals surface area contributed by atoms with E-state index in [-0.39, 0.29) is 17.1 Å². The van der Waals surface area contributed by atoms with E-state index in [1.807, 2.05) is 12.1 Å². The molecule has 21 heavy (non-hydrogen) atoms. The summed E-state index contributed by atoms with van der Waals surface area (Å²) < 4.78 is 26.7. The molecule has 0 aliphatic rings. The van der Waals surface area contributed by atoms with Gasteiger partial charge in [-0.25, -0.2) is 18.1 Å². The third-order valence-electron chi connectivity index (χ3n) is 2.85. The Kier molecular flexibility index (Phi) is 4.52. The van der Waals surface area contributed by atoms with Crippen LogP contribution in [0.1, 0.15) is 11.3 Å². The molecule has 0 unspecified atom stereocenters. The molecule has 6 nitrogen and oxygen atoms in total. The third kappa shape index (κ3) is 3.78. The van der Waals surface area contributed by atoms with Gasteiger partial charge >= 0.3 is 0 Å². The fourth-order valence-corrected chi connectivity index (χ4v) is 2.92. The Morgan fingerprint density at radius 2 is 1.95 bits per heavy atom. The van der Waals surface area contributed by atoms with E-state index < -0.39 is 10.0 Å². The summed E-state index contributed by atoms with van der Waals surface area (Å²) >= 11 is 0. The summed E-state index contributed by atoms with van der Waals surface area (Å²) in [6, 6.07) is 11.8. The fraction of sp³-hybridized carbons (Fsp3) is 0.143. The maximum Gasteiger partial charge on any atom is 0.243 e. The number of anilines is 1. The summed E-state index contributed by atoms with van der Waals surface area (Å²) in [5.74, 6) is 0. The van der Waals surface area contributed by atoms with Gasteiger partial charge in [0.05, 0.1) is 0 Å². The van der Waals surface area contributed by atoms with Gasteiger partial charge < -0.3 is 5.73 Å². The van der Waals surface area contributed by atoms with Crippen molar-refractivity contribution in [3.05, 3.63) is 53.9 Å². The third-order valence-corrected chi connectivity index (χ3v) is 4.34. The number of nitrogen functional groups attached to an aromatic ring is 1. The van der Waals surface area contributed by atoms with Crippen LogP contribution in [0.3, 0.4) is 0 Å². The first-order valence-electron chi connectivity index (χ1n) is 6.22. The number of nitrogens with two attached hydrogens (primary N) is 1. The Balaban J connectivity index is 2.05. The maximum absolute atomic E-state index is 12.1. The van der Waals surface area contributed by atoms with Crippen molar-refractivity contribution in [2.75, 3.05) is 12.3 Å². The SMILES string of the molecule is N#Cc1ncccc1S(=O)(=O)NCCc1ccc(N)cc1. The predicted molar refractivity (Wildman–Crippen MR) is 78.7 cm³/mol. The van der Waals surface area contributed by atoms with Gasteiger partial charge in [-0.2, -0.15) is 5.26 Å². The monoisotopic (exact) mass is 302 g/mol. The minimum atomic E-state index is -3.74. The van der Waals surface area contributed by atoms with Gasteiger partial charge in [-0.3, -0.25) is 0 Å². The van der Waals surface area contributed by atoms with Gasteiger partial charge in [-0.15, -0.1) is 0 Å². The Labute approximate surface area is 123 Å². The number of aromatic nitrogens is 1. The van der Waals surface area contributed by atoms with E-state index in [1.165, 1.54) is 18.3 Å². The van der Waals surface area contributed by atoms with E-state index >= 15 is 0 Å². The average molecular weight is 302 g/mol. The summed E-state index contributed by atoms with van der Waals surface area (Å²) in [5.41, 5.74) is 7.10. The molecule has 0 aliphatic heterocycles. The van der Waals surface area contributed by atoms with Crippen LogP contribution >= 0.6 is 0 Å². The lowest BCUT2D eigenvalue weighted by Gasteiger charge is -2.07. The highest BCUT2D eigenvalue weighted by Crippen LogP contribution is 2.12. The average Bonchev–Trinajstić information content (AvgIpc) is 2.49.